The van der Waals surface area contributed by atoms with Crippen LogP contribution in [0, 0.1) is 0 Å². The first-order valence-corrected chi connectivity index (χ1v) is 24.0. The lowest BCUT2D eigenvalue weighted by Gasteiger charge is -2.18. The van der Waals surface area contributed by atoms with Crippen LogP contribution in [0.4, 0.5) is 0 Å². The molecule has 0 saturated carbocycles. The largest absolute Gasteiger partial charge is 0.462 e. The summed E-state index contributed by atoms with van der Waals surface area (Å²) in [6.45, 7) is 6.42. The van der Waals surface area contributed by atoms with E-state index < -0.39 is 6.10 Å². The molecule has 0 amide bonds. The third kappa shape index (κ3) is 44.0. The number of carbonyl (C=O) groups is 3. The van der Waals surface area contributed by atoms with Crippen LogP contribution in [-0.4, -0.2) is 37.2 Å². The smallest absolute Gasteiger partial charge is 0.306 e. The van der Waals surface area contributed by atoms with Gasteiger partial charge in [0.05, 0.1) is 0 Å². The quantitative estimate of drug-likeness (QED) is 0.0264. The molecule has 0 aliphatic rings. The summed E-state index contributed by atoms with van der Waals surface area (Å²) in [5.41, 5.74) is 0. The maximum atomic E-state index is 12.7. The number of carbonyl (C=O) groups excluding carboxylic acids is 3. The highest BCUT2D eigenvalue weighted by molar-refractivity contribution is 5.71. The molecule has 0 radical (unpaired) electrons. The number of ether oxygens (including phenoxy) is 3. The molecule has 0 aromatic carbocycles. The second-order valence-electron chi connectivity index (χ2n) is 15.8. The fraction of sp³-hybridized carbons (Fsp3) is 0.712. The van der Waals surface area contributed by atoms with E-state index in [1.54, 1.807) is 0 Å². The van der Waals surface area contributed by atoms with Crippen molar-refractivity contribution < 1.29 is 28.6 Å². The number of hydrogen-bond acceptors (Lipinski definition) is 6. The summed E-state index contributed by atoms with van der Waals surface area (Å²) in [6.07, 6.45) is 57.4. The lowest BCUT2D eigenvalue weighted by Crippen LogP contribution is -2.30. The van der Waals surface area contributed by atoms with Crippen molar-refractivity contribution in [1.82, 2.24) is 0 Å². The van der Waals surface area contributed by atoms with E-state index >= 15 is 0 Å². The maximum absolute atomic E-state index is 12.7. The minimum Gasteiger partial charge on any atom is -0.462 e. The van der Waals surface area contributed by atoms with Gasteiger partial charge in [-0.1, -0.05) is 209 Å². The van der Waals surface area contributed by atoms with Crippen LogP contribution in [0.3, 0.4) is 0 Å². The SMILES string of the molecule is CC\C=C/C=C\C=C/C=C\CCCCCC(=O)OC(COC(=O)CCCCC/C=C\C=C/CCCCCCCCC)COC(=O)CCCCCCCCCCCCC. The van der Waals surface area contributed by atoms with Crippen molar-refractivity contribution >= 4 is 17.9 Å². The van der Waals surface area contributed by atoms with Gasteiger partial charge in [0.15, 0.2) is 6.10 Å². The molecule has 6 nitrogen and oxygen atoms in total. The van der Waals surface area contributed by atoms with Crippen LogP contribution >= 0.6 is 0 Å². The Balaban J connectivity index is 4.48. The van der Waals surface area contributed by atoms with Crippen molar-refractivity contribution in [1.29, 1.82) is 0 Å². The van der Waals surface area contributed by atoms with Gasteiger partial charge < -0.3 is 14.2 Å². The zero-order chi connectivity index (χ0) is 42.3. The molecule has 0 bridgehead atoms. The second-order valence-corrected chi connectivity index (χ2v) is 15.8. The maximum Gasteiger partial charge on any atom is 0.306 e. The van der Waals surface area contributed by atoms with Gasteiger partial charge in [0.25, 0.3) is 0 Å². The highest BCUT2D eigenvalue weighted by atomic mass is 16.6. The van der Waals surface area contributed by atoms with Gasteiger partial charge in [0.2, 0.25) is 0 Å². The minimum absolute atomic E-state index is 0.0991. The van der Waals surface area contributed by atoms with Crippen LogP contribution < -0.4 is 0 Å². The highest BCUT2D eigenvalue weighted by Gasteiger charge is 2.19. The topological polar surface area (TPSA) is 78.9 Å². The van der Waals surface area contributed by atoms with Gasteiger partial charge in [-0.25, -0.2) is 0 Å². The zero-order valence-electron chi connectivity index (χ0n) is 37.8. The van der Waals surface area contributed by atoms with Gasteiger partial charge in [-0.3, -0.25) is 14.4 Å². The summed E-state index contributed by atoms with van der Waals surface area (Å²) in [7, 11) is 0. The molecule has 0 aliphatic carbocycles. The lowest BCUT2D eigenvalue weighted by atomic mass is 10.1. The fourth-order valence-corrected chi connectivity index (χ4v) is 6.44. The average molecular weight is 809 g/mol. The van der Waals surface area contributed by atoms with E-state index in [4.69, 9.17) is 14.2 Å². The third-order valence-corrected chi connectivity index (χ3v) is 10.1. The molecular weight excluding hydrogens is 721 g/mol. The number of esters is 3. The molecule has 0 fully saturated rings. The molecule has 0 aliphatic heterocycles. The highest BCUT2D eigenvalue weighted by Crippen LogP contribution is 2.14. The van der Waals surface area contributed by atoms with E-state index in [1.807, 2.05) is 36.5 Å². The van der Waals surface area contributed by atoms with Gasteiger partial charge in [-0.15, -0.1) is 0 Å². The predicted molar refractivity (Wildman–Crippen MR) is 247 cm³/mol. The molecule has 58 heavy (non-hydrogen) atoms. The first-order chi connectivity index (χ1) is 28.5. The number of hydrogen-bond donors (Lipinski definition) is 0. The molecule has 6 heteroatoms. The Labute approximate surface area is 357 Å². The van der Waals surface area contributed by atoms with Crippen LogP contribution in [0.5, 0.6) is 0 Å². The van der Waals surface area contributed by atoms with E-state index in [9.17, 15) is 14.4 Å². The Kier molecular flexibility index (Phi) is 44.0. The summed E-state index contributed by atoms with van der Waals surface area (Å²) in [5, 5.41) is 0. The molecule has 0 rings (SSSR count). The number of unbranched alkanes of at least 4 members (excludes halogenated alkanes) is 23. The van der Waals surface area contributed by atoms with E-state index in [2.05, 4.69) is 57.2 Å². The average Bonchev–Trinajstić information content (AvgIpc) is 3.22. The van der Waals surface area contributed by atoms with Crippen LogP contribution in [0.2, 0.25) is 0 Å². The third-order valence-electron chi connectivity index (χ3n) is 10.1. The van der Waals surface area contributed by atoms with Crippen molar-refractivity contribution in [2.75, 3.05) is 13.2 Å². The molecule has 1 unspecified atom stereocenters. The Morgan fingerprint density at radius 3 is 1.09 bits per heavy atom. The molecule has 0 N–H and O–H groups in total. The zero-order valence-corrected chi connectivity index (χ0v) is 37.8. The molecule has 0 heterocycles. The normalized spacial score (nSPS) is 12.7. The molecule has 332 valence electrons. The molecular formula is C52H88O6. The Morgan fingerprint density at radius 2 is 0.672 bits per heavy atom. The van der Waals surface area contributed by atoms with Crippen LogP contribution in [0.1, 0.15) is 220 Å². The van der Waals surface area contributed by atoms with Gasteiger partial charge in [-0.05, 0) is 64.2 Å². The molecule has 0 spiro atoms. The Hall–Kier alpha value is -3.15. The van der Waals surface area contributed by atoms with E-state index in [1.165, 1.54) is 96.3 Å². The number of rotatable bonds is 42. The number of allylic oxidation sites excluding steroid dienone is 12. The first kappa shape index (κ1) is 54.9. The molecule has 0 aromatic heterocycles. The van der Waals surface area contributed by atoms with Crippen LogP contribution in [0.25, 0.3) is 0 Å². The van der Waals surface area contributed by atoms with Crippen molar-refractivity contribution in [3.05, 3.63) is 72.9 Å². The van der Waals surface area contributed by atoms with E-state index in [-0.39, 0.29) is 37.5 Å². The first-order valence-electron chi connectivity index (χ1n) is 24.0. The Morgan fingerprint density at radius 1 is 0.362 bits per heavy atom. The molecule has 1 atom stereocenters. The summed E-state index contributed by atoms with van der Waals surface area (Å²) in [5.74, 6) is -0.969. The van der Waals surface area contributed by atoms with Gasteiger partial charge in [0.1, 0.15) is 13.2 Å². The van der Waals surface area contributed by atoms with Crippen molar-refractivity contribution in [2.45, 2.75) is 226 Å². The van der Waals surface area contributed by atoms with E-state index in [0.717, 1.165) is 77.0 Å². The standard InChI is InChI=1S/C52H88O6/c1-4-7-10-13-16-19-22-24-25-26-28-30-33-36-39-42-45-51(54)57-48-49(47-56-50(53)44-41-38-35-32-29-21-18-15-12-9-6-3)58-52(55)46-43-40-37-34-31-27-23-20-17-14-11-8-5-2/h8,11,14,17,20,23,25-28,30-31,49H,4-7,9-10,12-13,15-16,18-19,21-22,24,29,32-48H2,1-3H3/b11-8-,17-14-,23-20-,26-25-,30-28-,31-27-. The van der Waals surface area contributed by atoms with Crippen molar-refractivity contribution in [3.8, 4) is 0 Å². The summed E-state index contributed by atoms with van der Waals surface area (Å²) < 4.78 is 16.7. The monoisotopic (exact) mass is 809 g/mol. The van der Waals surface area contributed by atoms with Crippen molar-refractivity contribution in [2.24, 2.45) is 0 Å². The van der Waals surface area contributed by atoms with Gasteiger partial charge in [0, 0.05) is 19.3 Å². The van der Waals surface area contributed by atoms with Gasteiger partial charge in [-0.2, -0.15) is 0 Å². The Bertz CT molecular complexity index is 1110. The fourth-order valence-electron chi connectivity index (χ4n) is 6.44. The summed E-state index contributed by atoms with van der Waals surface area (Å²) >= 11 is 0. The lowest BCUT2D eigenvalue weighted by molar-refractivity contribution is -0.167. The van der Waals surface area contributed by atoms with Crippen LogP contribution in [-0.2, 0) is 28.6 Å². The summed E-state index contributed by atoms with van der Waals surface area (Å²) in [6, 6.07) is 0. The minimum atomic E-state index is -0.803. The predicted octanol–water partition coefficient (Wildman–Crippen LogP) is 15.5. The second kappa shape index (κ2) is 46.5. The molecule has 0 aromatic rings. The van der Waals surface area contributed by atoms with E-state index in [0.29, 0.717) is 19.3 Å². The molecule has 0 saturated heterocycles. The van der Waals surface area contributed by atoms with Crippen molar-refractivity contribution in [3.63, 3.8) is 0 Å². The van der Waals surface area contributed by atoms with Gasteiger partial charge >= 0.3 is 17.9 Å². The summed E-state index contributed by atoms with van der Waals surface area (Å²) in [4.78, 5) is 37.8. The van der Waals surface area contributed by atoms with Crippen LogP contribution in [0.15, 0.2) is 72.9 Å².